The van der Waals surface area contributed by atoms with Gasteiger partial charge in [-0.15, -0.1) is 0 Å². The van der Waals surface area contributed by atoms with E-state index in [2.05, 4.69) is 10.6 Å². The monoisotopic (exact) mass is 642 g/mol. The van der Waals surface area contributed by atoms with Crippen molar-refractivity contribution >= 4 is 61.8 Å². The van der Waals surface area contributed by atoms with Crippen molar-refractivity contribution in [2.45, 2.75) is 43.2 Å². The fourth-order valence-electron chi connectivity index (χ4n) is 5.29. The maximum absolute atomic E-state index is 13.3. The lowest BCUT2D eigenvalue weighted by atomic mass is 9.82. The van der Waals surface area contributed by atoms with E-state index in [0.717, 1.165) is 28.4 Å². The minimum absolute atomic E-state index is 0.0391. The molecule has 2 amide bonds. The van der Waals surface area contributed by atoms with Gasteiger partial charge in [0.15, 0.2) is 9.84 Å². The molecule has 1 aromatic heterocycles. The van der Waals surface area contributed by atoms with Crippen LogP contribution in [0.25, 0.3) is 11.0 Å². The van der Waals surface area contributed by atoms with Gasteiger partial charge in [0.2, 0.25) is 5.91 Å². The summed E-state index contributed by atoms with van der Waals surface area (Å²) in [6.45, 7) is 0.350. The summed E-state index contributed by atoms with van der Waals surface area (Å²) in [6.07, 6.45) is 3.84. The third kappa shape index (κ3) is 6.87. The number of nitrogens with one attached hydrogen (secondary N) is 2. The minimum atomic E-state index is -3.50. The largest absolute Gasteiger partial charge is 0.480 e. The van der Waals surface area contributed by atoms with Gasteiger partial charge in [0, 0.05) is 30.5 Å². The fraction of sp³-hybridized carbons (Fsp3) is 0.258. The molecule has 0 bridgehead atoms. The molecule has 0 fully saturated rings. The van der Waals surface area contributed by atoms with Crippen LogP contribution < -0.4 is 10.6 Å². The number of carbonyl (C=O) groups excluding carboxylic acids is 2. The zero-order chi connectivity index (χ0) is 30.9. The Morgan fingerprint density at radius 3 is 2.60 bits per heavy atom. The molecule has 0 saturated heterocycles. The van der Waals surface area contributed by atoms with E-state index in [-0.39, 0.29) is 38.8 Å². The van der Waals surface area contributed by atoms with E-state index in [0.29, 0.717) is 36.9 Å². The number of furan rings is 1. The molecule has 4 aromatic rings. The number of benzene rings is 3. The van der Waals surface area contributed by atoms with Crippen molar-refractivity contribution in [3.05, 3.63) is 98.7 Å². The third-order valence-electron chi connectivity index (χ3n) is 7.58. The van der Waals surface area contributed by atoms with Crippen molar-refractivity contribution in [3.8, 4) is 0 Å². The summed E-state index contributed by atoms with van der Waals surface area (Å²) in [7, 11) is -3.50. The van der Waals surface area contributed by atoms with Crippen LogP contribution in [-0.2, 0) is 45.2 Å². The Morgan fingerprint density at radius 1 is 1.07 bits per heavy atom. The number of carboxylic acids is 1. The summed E-state index contributed by atoms with van der Waals surface area (Å²) in [4.78, 5) is 38.3. The first-order chi connectivity index (χ1) is 20.4. The number of carboxylic acid groups (broad SMARTS) is 1. The summed E-state index contributed by atoms with van der Waals surface area (Å²) in [5.74, 6) is -2.49. The molecule has 0 saturated carbocycles. The Bertz CT molecular complexity index is 1850. The van der Waals surface area contributed by atoms with Gasteiger partial charge in [0.1, 0.15) is 11.6 Å². The molecule has 0 radical (unpaired) electrons. The molecule has 12 heteroatoms. The lowest BCUT2D eigenvalue weighted by molar-refractivity contribution is -0.139. The first-order valence-corrected chi connectivity index (χ1v) is 16.1. The van der Waals surface area contributed by atoms with Gasteiger partial charge in [-0.3, -0.25) is 9.59 Å². The van der Waals surface area contributed by atoms with Gasteiger partial charge >= 0.3 is 5.97 Å². The molecule has 43 heavy (non-hydrogen) atoms. The number of sulfone groups is 1. The zero-order valence-electron chi connectivity index (χ0n) is 23.0. The Morgan fingerprint density at radius 2 is 1.86 bits per heavy atom. The Labute approximate surface area is 258 Å². The van der Waals surface area contributed by atoms with Crippen LogP contribution in [0.1, 0.15) is 39.0 Å². The summed E-state index contributed by atoms with van der Waals surface area (Å²) in [5, 5.41) is 16.4. The lowest BCUT2D eigenvalue weighted by Crippen LogP contribution is -2.42. The average Bonchev–Trinajstić information content (AvgIpc) is 3.43. The Hall–Kier alpha value is -3.86. The Kier molecular flexibility index (Phi) is 8.82. The third-order valence-corrected chi connectivity index (χ3v) is 9.40. The summed E-state index contributed by atoms with van der Waals surface area (Å²) in [5.41, 5.74) is 3.48. The van der Waals surface area contributed by atoms with E-state index < -0.39 is 27.8 Å². The highest BCUT2D eigenvalue weighted by atomic mass is 35.5. The topological polar surface area (TPSA) is 143 Å². The molecule has 3 N–H and O–H groups in total. The number of amides is 2. The molecule has 2 atom stereocenters. The Balaban J connectivity index is 1.27. The molecule has 1 unspecified atom stereocenters. The van der Waals surface area contributed by atoms with E-state index in [4.69, 9.17) is 27.6 Å². The van der Waals surface area contributed by atoms with Crippen molar-refractivity contribution < 1.29 is 32.3 Å². The van der Waals surface area contributed by atoms with Gasteiger partial charge in [-0.2, -0.15) is 0 Å². The first kappa shape index (κ1) is 30.6. The van der Waals surface area contributed by atoms with Crippen molar-refractivity contribution in [3.63, 3.8) is 0 Å². The van der Waals surface area contributed by atoms with Crippen molar-refractivity contribution in [2.75, 3.05) is 6.26 Å². The van der Waals surface area contributed by atoms with Crippen LogP contribution in [0.5, 0.6) is 0 Å². The van der Waals surface area contributed by atoms with Crippen LogP contribution in [0.4, 0.5) is 0 Å². The second-order valence-corrected chi connectivity index (χ2v) is 13.4. The van der Waals surface area contributed by atoms with Crippen LogP contribution in [0, 0.1) is 5.92 Å². The lowest BCUT2D eigenvalue weighted by Gasteiger charge is -2.26. The molecule has 1 aliphatic rings. The maximum atomic E-state index is 13.3. The highest BCUT2D eigenvalue weighted by Gasteiger charge is 2.31. The predicted octanol–water partition coefficient (Wildman–Crippen LogP) is 4.99. The van der Waals surface area contributed by atoms with E-state index in [1.165, 1.54) is 18.2 Å². The highest BCUT2D eigenvalue weighted by molar-refractivity contribution is 7.90. The standard InChI is InChI=1S/C31H28Cl2N2O7S/c1-43(40,41)22-4-2-3-17(11-22)12-25(31(38)39)35-30(37)27-24(32)15-21-14-20(7-8-23(21)28(27)33)29(36)34-16-18-5-6-19-9-10-42-26(19)13-18/h2-6,9-11,13,15,20,25H,7-8,12,14,16H2,1H3,(H,34,36)(H,35,37)(H,38,39)/t20?,25-/m0/s1. The van der Waals surface area contributed by atoms with E-state index in [9.17, 15) is 27.9 Å². The number of hydrogen-bond acceptors (Lipinski definition) is 6. The van der Waals surface area contributed by atoms with Gasteiger partial charge < -0.3 is 20.2 Å². The van der Waals surface area contributed by atoms with Crippen LogP contribution in [-0.4, -0.2) is 43.6 Å². The molecule has 5 rings (SSSR count). The number of hydrogen-bond donors (Lipinski definition) is 3. The summed E-state index contributed by atoms with van der Waals surface area (Å²) < 4.78 is 29.2. The molecular formula is C31H28Cl2N2O7S. The van der Waals surface area contributed by atoms with Crippen molar-refractivity contribution in [2.24, 2.45) is 5.92 Å². The van der Waals surface area contributed by atoms with Gasteiger partial charge in [0.25, 0.3) is 5.91 Å². The summed E-state index contributed by atoms with van der Waals surface area (Å²) in [6, 6.07) is 13.7. The highest BCUT2D eigenvalue weighted by Crippen LogP contribution is 2.37. The van der Waals surface area contributed by atoms with Crippen molar-refractivity contribution in [1.82, 2.24) is 10.6 Å². The van der Waals surface area contributed by atoms with E-state index >= 15 is 0 Å². The summed E-state index contributed by atoms with van der Waals surface area (Å²) >= 11 is 13.2. The quantitative estimate of drug-likeness (QED) is 0.233. The van der Waals surface area contributed by atoms with Gasteiger partial charge in [-0.25, -0.2) is 13.2 Å². The molecule has 3 aromatic carbocycles. The second-order valence-electron chi connectivity index (χ2n) is 10.6. The van der Waals surface area contributed by atoms with E-state index in [1.54, 1.807) is 18.4 Å². The normalized spacial score (nSPS) is 15.5. The first-order valence-electron chi connectivity index (χ1n) is 13.5. The van der Waals surface area contributed by atoms with Crippen LogP contribution in [0.3, 0.4) is 0 Å². The van der Waals surface area contributed by atoms with Gasteiger partial charge in [0.05, 0.1) is 26.8 Å². The molecule has 0 aliphatic heterocycles. The fourth-order valence-corrected chi connectivity index (χ4v) is 6.75. The second kappa shape index (κ2) is 12.4. The number of rotatable bonds is 9. The predicted molar refractivity (Wildman–Crippen MR) is 162 cm³/mol. The zero-order valence-corrected chi connectivity index (χ0v) is 25.4. The molecule has 224 valence electrons. The SMILES string of the molecule is CS(=O)(=O)c1cccc(C[C@H](NC(=O)c2c(Cl)cc3c(c2Cl)CCC(C(=O)NCc2ccc4ccoc4c2)C3)C(=O)O)c1. The maximum Gasteiger partial charge on any atom is 0.326 e. The van der Waals surface area contributed by atoms with Gasteiger partial charge in [-0.05, 0) is 71.8 Å². The number of halogens is 2. The van der Waals surface area contributed by atoms with Crippen LogP contribution >= 0.6 is 23.2 Å². The van der Waals surface area contributed by atoms with Crippen LogP contribution in [0.15, 0.2) is 70.2 Å². The molecular weight excluding hydrogens is 615 g/mol. The number of fused-ring (bicyclic) bond motifs is 2. The molecule has 1 heterocycles. The van der Waals surface area contributed by atoms with Crippen molar-refractivity contribution in [1.29, 1.82) is 0 Å². The smallest absolute Gasteiger partial charge is 0.326 e. The van der Waals surface area contributed by atoms with Crippen LogP contribution in [0.2, 0.25) is 10.0 Å². The minimum Gasteiger partial charge on any atom is -0.480 e. The van der Waals surface area contributed by atoms with E-state index in [1.807, 2.05) is 24.3 Å². The number of carbonyl (C=O) groups is 3. The molecule has 0 spiro atoms. The number of aliphatic carboxylic acids is 1. The average molecular weight is 644 g/mol. The van der Waals surface area contributed by atoms with Gasteiger partial charge in [-0.1, -0.05) is 47.5 Å². The molecule has 9 nitrogen and oxygen atoms in total. The molecule has 1 aliphatic carbocycles.